The monoisotopic (exact) mass is 1780 g/mol. The Bertz CT molecular complexity index is 4520. The molecule has 540 valence electrons. The van der Waals surface area contributed by atoms with Crippen LogP contribution in [0.25, 0.3) is 68.3 Å². The summed E-state index contributed by atoms with van der Waals surface area (Å²) in [6.45, 7) is 16.6. The average Bonchev–Trinajstić information content (AvgIpc) is 1.69. The SMILES string of the molecule is Cc1cccc(-c2nn(C3CC3)cc2Br)n1.Cc1cccc(-c2nn(C3CCC3)cc2Br)n1.Cc1cccc(-c2nn(C3CCCC3)cc2Br)n1.Cc1cccc(-c2nn(C3COC3)cc2Br)n1.Cc1cccc(-c2nn([C@@H]3CCOC3)cc2Br)n1.Cc1cccc(-c2nn([C@H]3CCOC3)cc2Br)n1. The predicted molar refractivity (Wildman–Crippen MR) is 425 cm³/mol. The van der Waals surface area contributed by atoms with E-state index in [4.69, 9.17) is 19.3 Å². The maximum Gasteiger partial charge on any atom is 0.125 e. The normalized spacial score (nSPS) is 17.1. The minimum Gasteiger partial charge on any atom is -0.379 e. The Kier molecular flexibility index (Phi) is 25.4. The summed E-state index contributed by atoms with van der Waals surface area (Å²) in [7, 11) is 0. The van der Waals surface area contributed by atoms with Gasteiger partial charge in [0.2, 0.25) is 0 Å². The number of hydrogen-bond acceptors (Lipinski definition) is 15. The number of rotatable bonds is 12. The highest BCUT2D eigenvalue weighted by Gasteiger charge is 2.29. The van der Waals surface area contributed by atoms with Crippen molar-refractivity contribution < 1.29 is 14.2 Å². The van der Waals surface area contributed by atoms with Gasteiger partial charge in [-0.3, -0.25) is 58.0 Å². The van der Waals surface area contributed by atoms with Crippen molar-refractivity contribution in [3.05, 3.63) is 207 Å². The molecular weight excluding hydrogens is 1700 g/mol. The lowest BCUT2D eigenvalue weighted by atomic mass is 9.93. The molecule has 12 aromatic rings. The zero-order chi connectivity index (χ0) is 72.4. The molecule has 27 heteroatoms. The summed E-state index contributed by atoms with van der Waals surface area (Å²) in [5, 5.41) is 27.8. The molecule has 0 spiro atoms. The largest absolute Gasteiger partial charge is 0.379 e. The molecule has 0 radical (unpaired) electrons. The molecule has 15 heterocycles. The van der Waals surface area contributed by atoms with Gasteiger partial charge in [0.15, 0.2) is 0 Å². The Balaban J connectivity index is 0.000000111. The first-order valence-corrected chi connectivity index (χ1v) is 40.0. The average molecular weight is 1790 g/mol. The Morgan fingerprint density at radius 1 is 0.260 bits per heavy atom. The molecule has 3 aliphatic carbocycles. The first kappa shape index (κ1) is 75.2. The van der Waals surface area contributed by atoms with Crippen LogP contribution in [-0.4, -0.2) is 128 Å². The first-order valence-electron chi connectivity index (χ1n) is 35.3. The van der Waals surface area contributed by atoms with Crippen LogP contribution in [0.5, 0.6) is 0 Å². The van der Waals surface area contributed by atoms with Gasteiger partial charge in [-0.1, -0.05) is 49.2 Å². The Morgan fingerprint density at radius 3 is 0.673 bits per heavy atom. The standard InChI is InChI=1S/C14H16BrN3.2C13H14BrN3O.C13H14BrN3.C12H12BrN3O.C12H12BrN3/c1-10-5-4-8-13(16-10)14-12(15)9-18(17-14)11-6-2-3-7-11;2*1-9-3-2-4-12(15-9)13-11(14)7-17(16-13)10-5-6-18-8-10;1-9-4-2-7-12(15-9)13-11(14)8-17(16-13)10-5-3-6-10;1-8-3-2-4-11(14-8)12-10(13)5-16(15-12)9-6-17-7-9;1-8-3-2-4-11(14-8)12-10(13)7-16(15-12)9-5-6-9/h4-5,8-9,11H,2-3,6-7H2,1H3;2*2-4,7,10H,5-6,8H2,1H3;2,4,7-8,10H,3,5-6H2,1H3;2-5,9H,6-7H2,1H3;2-4,7,9H,5-6H2,1H3/t;2*10-;;;/m.10.../s1. The van der Waals surface area contributed by atoms with Crippen molar-refractivity contribution in [1.29, 1.82) is 0 Å². The summed E-state index contributed by atoms with van der Waals surface area (Å²) in [6.07, 6.45) is 25.7. The van der Waals surface area contributed by atoms with E-state index < -0.39 is 0 Å². The third-order valence-corrected chi connectivity index (χ3v) is 22.0. The fourth-order valence-electron chi connectivity index (χ4n) is 12.4. The molecule has 3 saturated carbocycles. The van der Waals surface area contributed by atoms with Crippen LogP contribution in [-0.2, 0) is 14.2 Å². The summed E-state index contributed by atoms with van der Waals surface area (Å²) >= 11 is 21.4. The highest BCUT2D eigenvalue weighted by Crippen LogP contribution is 2.39. The van der Waals surface area contributed by atoms with Gasteiger partial charge in [-0.2, -0.15) is 30.6 Å². The van der Waals surface area contributed by atoms with Crippen LogP contribution in [0.2, 0.25) is 0 Å². The fourth-order valence-corrected chi connectivity index (χ4v) is 15.4. The number of aromatic nitrogens is 18. The Hall–Kier alpha value is -7.08. The van der Waals surface area contributed by atoms with Gasteiger partial charge in [0, 0.05) is 84.6 Å². The van der Waals surface area contributed by atoms with Gasteiger partial charge in [-0.05, 0) is 268 Å². The summed E-state index contributed by atoms with van der Waals surface area (Å²) in [5.74, 6) is 0. The van der Waals surface area contributed by atoms with Gasteiger partial charge in [0.1, 0.15) is 34.2 Å². The molecule has 104 heavy (non-hydrogen) atoms. The van der Waals surface area contributed by atoms with Crippen molar-refractivity contribution in [3.63, 3.8) is 0 Å². The van der Waals surface area contributed by atoms with E-state index in [1.54, 1.807) is 0 Å². The van der Waals surface area contributed by atoms with Crippen molar-refractivity contribution in [2.24, 2.45) is 0 Å². The maximum absolute atomic E-state index is 5.39. The lowest BCUT2D eigenvalue weighted by molar-refractivity contribution is -0.0285. The Labute approximate surface area is 656 Å². The van der Waals surface area contributed by atoms with E-state index in [0.717, 1.165) is 182 Å². The summed E-state index contributed by atoms with van der Waals surface area (Å²) in [5.41, 5.74) is 17.1. The van der Waals surface area contributed by atoms with Gasteiger partial charge in [0.25, 0.3) is 0 Å². The molecule has 12 aromatic heterocycles. The third kappa shape index (κ3) is 19.2. The van der Waals surface area contributed by atoms with Crippen LogP contribution in [0.4, 0.5) is 0 Å². The van der Waals surface area contributed by atoms with E-state index in [9.17, 15) is 0 Å². The van der Waals surface area contributed by atoms with Gasteiger partial charge >= 0.3 is 0 Å². The molecule has 21 nitrogen and oxygen atoms in total. The van der Waals surface area contributed by atoms with E-state index in [0.29, 0.717) is 36.3 Å². The number of aryl methyl sites for hydroxylation is 6. The Morgan fingerprint density at radius 2 is 0.481 bits per heavy atom. The lowest BCUT2D eigenvalue weighted by Crippen LogP contribution is -2.30. The molecule has 0 aromatic carbocycles. The zero-order valence-corrected chi connectivity index (χ0v) is 68.4. The van der Waals surface area contributed by atoms with Crippen LogP contribution in [0.15, 0.2) is 173 Å². The van der Waals surface area contributed by atoms with Crippen LogP contribution < -0.4 is 0 Å². The first-order chi connectivity index (χ1) is 50.4. The van der Waals surface area contributed by atoms with E-state index in [2.05, 4.69) is 179 Å². The molecule has 0 unspecified atom stereocenters. The molecular formula is C77H82Br6N18O3. The summed E-state index contributed by atoms with van der Waals surface area (Å²) in [6, 6.07) is 38.8. The fraction of sp³-hybridized carbons (Fsp3) is 0.377. The molecule has 0 N–H and O–H groups in total. The number of nitrogens with zero attached hydrogens (tertiary/aromatic N) is 18. The van der Waals surface area contributed by atoms with Crippen molar-refractivity contribution in [1.82, 2.24) is 88.6 Å². The van der Waals surface area contributed by atoms with Crippen LogP contribution >= 0.6 is 95.6 Å². The molecule has 0 bridgehead atoms. The quantitative estimate of drug-likeness (QED) is 0.111. The minimum atomic E-state index is 0.347. The van der Waals surface area contributed by atoms with Crippen molar-refractivity contribution >= 4 is 95.6 Å². The molecule has 2 atom stereocenters. The number of pyridine rings is 6. The van der Waals surface area contributed by atoms with Gasteiger partial charge in [-0.25, -0.2) is 0 Å². The molecule has 3 aliphatic heterocycles. The number of halogens is 6. The van der Waals surface area contributed by atoms with Gasteiger partial charge in [-0.15, -0.1) is 0 Å². The van der Waals surface area contributed by atoms with E-state index in [-0.39, 0.29) is 0 Å². The predicted octanol–water partition coefficient (Wildman–Crippen LogP) is 19.8. The van der Waals surface area contributed by atoms with Crippen LogP contribution in [0.1, 0.15) is 141 Å². The smallest absolute Gasteiger partial charge is 0.125 e. The lowest BCUT2D eigenvalue weighted by Gasteiger charge is -2.25. The third-order valence-electron chi connectivity index (χ3n) is 18.5. The van der Waals surface area contributed by atoms with Crippen LogP contribution in [0.3, 0.4) is 0 Å². The van der Waals surface area contributed by atoms with E-state index in [1.807, 2.05) is 188 Å². The molecule has 6 fully saturated rings. The topological polar surface area (TPSA) is 212 Å². The molecule has 0 amide bonds. The highest BCUT2D eigenvalue weighted by atomic mass is 79.9. The van der Waals surface area contributed by atoms with Crippen molar-refractivity contribution in [2.45, 2.75) is 148 Å². The zero-order valence-electron chi connectivity index (χ0n) is 58.9. The second kappa shape index (κ2) is 35.1. The minimum absolute atomic E-state index is 0.347. The summed E-state index contributed by atoms with van der Waals surface area (Å²) < 4.78 is 34.1. The van der Waals surface area contributed by atoms with Crippen molar-refractivity contribution in [2.75, 3.05) is 39.6 Å². The summed E-state index contributed by atoms with van der Waals surface area (Å²) in [4.78, 5) is 27.0. The van der Waals surface area contributed by atoms with Crippen molar-refractivity contribution in [3.8, 4) is 68.3 Å². The van der Waals surface area contributed by atoms with Gasteiger partial charge < -0.3 is 14.2 Å². The molecule has 6 aliphatic rings. The molecule has 3 saturated heterocycles. The van der Waals surface area contributed by atoms with Crippen LogP contribution in [0, 0.1) is 41.5 Å². The van der Waals surface area contributed by atoms with E-state index >= 15 is 0 Å². The maximum atomic E-state index is 5.39. The number of hydrogen-bond donors (Lipinski definition) is 0. The molecule has 18 rings (SSSR count). The van der Waals surface area contributed by atoms with Gasteiger partial charge in [0.05, 0.1) is 124 Å². The second-order valence-electron chi connectivity index (χ2n) is 26.8. The number of ether oxygens (including phenoxy) is 3. The van der Waals surface area contributed by atoms with E-state index in [1.165, 1.54) is 57.8 Å². The second-order valence-corrected chi connectivity index (χ2v) is 31.9. The highest BCUT2D eigenvalue weighted by molar-refractivity contribution is 9.11.